The van der Waals surface area contributed by atoms with Crippen molar-refractivity contribution in [2.24, 2.45) is 0 Å². The van der Waals surface area contributed by atoms with Gasteiger partial charge in [0.05, 0.1) is 26.2 Å². The highest BCUT2D eigenvalue weighted by Gasteiger charge is 2.31. The number of carbonyl (C=O) groups excluding carboxylic acids is 2. The fraction of sp³-hybridized carbons (Fsp3) is 0.154. The molecule has 1 aliphatic rings. The lowest BCUT2D eigenvalue weighted by molar-refractivity contribution is -0.133. The maximum Gasteiger partial charge on any atom is 0.315 e. The molecule has 162 valence electrons. The van der Waals surface area contributed by atoms with E-state index >= 15 is 0 Å². The van der Waals surface area contributed by atoms with Crippen molar-refractivity contribution < 1.29 is 28.5 Å². The third-order valence-corrected chi connectivity index (χ3v) is 5.18. The molecule has 0 radical (unpaired) electrons. The van der Waals surface area contributed by atoms with Crippen LogP contribution in [0.3, 0.4) is 0 Å². The number of ether oxygens (including phenoxy) is 4. The monoisotopic (exact) mass is 430 g/mol. The van der Waals surface area contributed by atoms with E-state index < -0.39 is 0 Å². The molecule has 1 heterocycles. The summed E-state index contributed by atoms with van der Waals surface area (Å²) in [5, 5.41) is 0. The molecule has 0 amide bonds. The highest BCUT2D eigenvalue weighted by Crippen LogP contribution is 2.40. The Kier molecular flexibility index (Phi) is 5.94. The lowest BCUT2D eigenvalue weighted by Crippen LogP contribution is -2.12. The summed E-state index contributed by atoms with van der Waals surface area (Å²) in [5.41, 5.74) is 2.51. The second kappa shape index (κ2) is 8.98. The van der Waals surface area contributed by atoms with Crippen molar-refractivity contribution in [3.8, 4) is 23.0 Å². The molecule has 4 rings (SSSR count). The third-order valence-electron chi connectivity index (χ3n) is 5.18. The summed E-state index contributed by atoms with van der Waals surface area (Å²) in [7, 11) is 3.12. The standard InChI is InChI=1S/C26H22O6/c1-16-21(31-24(27)13-17-7-5-4-6-8-17)12-10-20-25(28)23(32-26(16)20)15-18-14-19(29-2)9-11-22(18)30-3/h4-12,14-15H,13H2,1-3H3/b23-15-. The van der Waals surface area contributed by atoms with E-state index in [-0.39, 0.29) is 23.9 Å². The average Bonchev–Trinajstić information content (AvgIpc) is 3.12. The molecule has 0 unspecified atom stereocenters. The van der Waals surface area contributed by atoms with E-state index in [0.29, 0.717) is 39.7 Å². The molecule has 0 saturated heterocycles. The molecule has 0 bridgehead atoms. The SMILES string of the molecule is COc1ccc(OC)c(/C=C2\Oc3c(ccc(OC(=O)Cc4ccccc4)c3C)C2=O)c1. The van der Waals surface area contributed by atoms with Gasteiger partial charge in [0.15, 0.2) is 5.76 Å². The lowest BCUT2D eigenvalue weighted by atomic mass is 10.1. The van der Waals surface area contributed by atoms with Gasteiger partial charge in [-0.3, -0.25) is 9.59 Å². The number of Topliss-reactive ketones (excluding diaryl/α,β-unsaturated/α-hetero) is 1. The van der Waals surface area contributed by atoms with E-state index in [0.717, 1.165) is 5.56 Å². The Labute approximate surface area is 186 Å². The number of ketones is 1. The minimum atomic E-state index is -0.388. The third kappa shape index (κ3) is 4.21. The first-order chi connectivity index (χ1) is 15.5. The van der Waals surface area contributed by atoms with Crippen molar-refractivity contribution in [1.29, 1.82) is 0 Å². The number of hydrogen-bond donors (Lipinski definition) is 0. The summed E-state index contributed by atoms with van der Waals surface area (Å²) in [6.45, 7) is 1.76. The minimum Gasteiger partial charge on any atom is -0.497 e. The molecule has 0 atom stereocenters. The van der Waals surface area contributed by atoms with Crippen molar-refractivity contribution in [3.63, 3.8) is 0 Å². The van der Waals surface area contributed by atoms with Crippen molar-refractivity contribution in [3.05, 3.63) is 88.7 Å². The van der Waals surface area contributed by atoms with E-state index in [9.17, 15) is 9.59 Å². The Morgan fingerprint density at radius 3 is 2.44 bits per heavy atom. The van der Waals surface area contributed by atoms with E-state index in [1.807, 2.05) is 30.3 Å². The summed E-state index contributed by atoms with van der Waals surface area (Å²) >= 11 is 0. The molecule has 0 fully saturated rings. The van der Waals surface area contributed by atoms with Gasteiger partial charge in [0.1, 0.15) is 23.0 Å². The van der Waals surface area contributed by atoms with Crippen LogP contribution in [0.4, 0.5) is 0 Å². The van der Waals surface area contributed by atoms with Crippen LogP contribution in [0.2, 0.25) is 0 Å². The van der Waals surface area contributed by atoms with Crippen molar-refractivity contribution in [2.75, 3.05) is 14.2 Å². The molecule has 1 aliphatic heterocycles. The largest absolute Gasteiger partial charge is 0.497 e. The topological polar surface area (TPSA) is 71.1 Å². The molecule has 6 nitrogen and oxygen atoms in total. The minimum absolute atomic E-state index is 0.151. The highest BCUT2D eigenvalue weighted by molar-refractivity contribution is 6.15. The number of esters is 1. The molecule has 0 spiro atoms. The predicted molar refractivity (Wildman–Crippen MR) is 119 cm³/mol. The highest BCUT2D eigenvalue weighted by atomic mass is 16.5. The molecule has 3 aromatic carbocycles. The normalized spacial score (nSPS) is 13.5. The maximum atomic E-state index is 12.9. The quantitative estimate of drug-likeness (QED) is 0.319. The van der Waals surface area contributed by atoms with E-state index in [2.05, 4.69) is 0 Å². The fourth-order valence-electron chi connectivity index (χ4n) is 3.49. The Bertz CT molecular complexity index is 1210. The molecule has 3 aromatic rings. The predicted octanol–water partition coefficient (Wildman–Crippen LogP) is 4.78. The van der Waals surface area contributed by atoms with Crippen LogP contribution < -0.4 is 18.9 Å². The Morgan fingerprint density at radius 2 is 1.72 bits per heavy atom. The molecule has 0 aliphatic carbocycles. The van der Waals surface area contributed by atoms with Crippen LogP contribution in [0.1, 0.15) is 27.0 Å². The lowest BCUT2D eigenvalue weighted by Gasteiger charge is -2.10. The zero-order chi connectivity index (χ0) is 22.7. The maximum absolute atomic E-state index is 12.9. The van der Waals surface area contributed by atoms with Crippen molar-refractivity contribution >= 4 is 17.8 Å². The zero-order valence-corrected chi connectivity index (χ0v) is 18.0. The average molecular weight is 430 g/mol. The molecule has 32 heavy (non-hydrogen) atoms. The van der Waals surface area contributed by atoms with Crippen molar-refractivity contribution in [1.82, 2.24) is 0 Å². The smallest absolute Gasteiger partial charge is 0.315 e. The molecule has 0 saturated carbocycles. The summed E-state index contributed by atoms with van der Waals surface area (Å²) in [6, 6.07) is 17.9. The van der Waals surface area contributed by atoms with Gasteiger partial charge in [-0.05, 0) is 48.9 Å². The molecule has 6 heteroatoms. The number of allylic oxidation sites excluding steroid dienone is 1. The number of carbonyl (C=O) groups is 2. The Hall–Kier alpha value is -4.06. The van der Waals surface area contributed by atoms with Crippen LogP contribution in [0.25, 0.3) is 6.08 Å². The van der Waals surface area contributed by atoms with Crippen LogP contribution in [-0.2, 0) is 11.2 Å². The Morgan fingerprint density at radius 1 is 0.969 bits per heavy atom. The second-order valence-corrected chi connectivity index (χ2v) is 7.25. The number of rotatable bonds is 6. The number of hydrogen-bond acceptors (Lipinski definition) is 6. The first-order valence-electron chi connectivity index (χ1n) is 10.0. The van der Waals surface area contributed by atoms with Crippen LogP contribution in [0, 0.1) is 6.92 Å². The second-order valence-electron chi connectivity index (χ2n) is 7.25. The van der Waals surface area contributed by atoms with Gasteiger partial charge in [0.25, 0.3) is 0 Å². The molecule has 0 aromatic heterocycles. The Balaban J connectivity index is 1.59. The molecule has 0 N–H and O–H groups in total. The first kappa shape index (κ1) is 21.2. The van der Waals surface area contributed by atoms with Crippen LogP contribution in [0.5, 0.6) is 23.0 Å². The van der Waals surface area contributed by atoms with Gasteiger partial charge in [-0.15, -0.1) is 0 Å². The summed E-state index contributed by atoms with van der Waals surface area (Å²) in [4.78, 5) is 25.3. The first-order valence-corrected chi connectivity index (χ1v) is 10.0. The zero-order valence-electron chi connectivity index (χ0n) is 18.0. The van der Waals surface area contributed by atoms with Gasteiger partial charge in [-0.25, -0.2) is 0 Å². The van der Waals surface area contributed by atoms with Crippen molar-refractivity contribution in [2.45, 2.75) is 13.3 Å². The van der Waals surface area contributed by atoms with E-state index in [4.69, 9.17) is 18.9 Å². The van der Waals surface area contributed by atoms with E-state index in [1.54, 1.807) is 57.6 Å². The fourth-order valence-corrected chi connectivity index (χ4v) is 3.49. The van der Waals surface area contributed by atoms with Crippen LogP contribution in [-0.4, -0.2) is 26.0 Å². The summed E-state index contributed by atoms with van der Waals surface area (Å²) < 4.78 is 22.1. The van der Waals surface area contributed by atoms with Gasteiger partial charge in [-0.2, -0.15) is 0 Å². The number of benzene rings is 3. The number of fused-ring (bicyclic) bond motifs is 1. The van der Waals surface area contributed by atoms with Gasteiger partial charge >= 0.3 is 5.97 Å². The van der Waals surface area contributed by atoms with Gasteiger partial charge in [0, 0.05) is 11.1 Å². The van der Waals surface area contributed by atoms with Crippen LogP contribution >= 0.6 is 0 Å². The van der Waals surface area contributed by atoms with Gasteiger partial charge < -0.3 is 18.9 Å². The summed E-state index contributed by atoms with van der Waals surface area (Å²) in [6.07, 6.45) is 1.77. The van der Waals surface area contributed by atoms with E-state index in [1.165, 1.54) is 0 Å². The molecular formula is C26H22O6. The number of methoxy groups -OCH3 is 2. The molecular weight excluding hydrogens is 408 g/mol. The summed E-state index contributed by atoms with van der Waals surface area (Å²) in [5.74, 6) is 1.46. The van der Waals surface area contributed by atoms with Crippen LogP contribution in [0.15, 0.2) is 66.4 Å². The van der Waals surface area contributed by atoms with Gasteiger partial charge in [0.2, 0.25) is 5.78 Å². The van der Waals surface area contributed by atoms with Gasteiger partial charge in [-0.1, -0.05) is 30.3 Å².